The lowest BCUT2D eigenvalue weighted by Crippen LogP contribution is -2.39. The topological polar surface area (TPSA) is 38.5 Å². The number of nitrogens with two attached hydrogens (primary N) is 1. The van der Waals surface area contributed by atoms with Crippen molar-refractivity contribution in [2.45, 2.75) is 6.10 Å². The fraction of sp³-hybridized carbons (Fsp3) is 0.250. The summed E-state index contributed by atoms with van der Waals surface area (Å²) in [6, 6.07) is 11.9. The first-order valence-corrected chi connectivity index (χ1v) is 6.81. The lowest BCUT2D eigenvalue weighted by Gasteiger charge is -2.35. The summed E-state index contributed by atoms with van der Waals surface area (Å²) in [4.78, 5) is 1.67. The highest BCUT2D eigenvalue weighted by Gasteiger charge is 2.26. The second kappa shape index (κ2) is 5.69. The van der Waals surface area contributed by atoms with Crippen LogP contribution in [0, 0.1) is 11.6 Å². The van der Waals surface area contributed by atoms with Gasteiger partial charge < -0.3 is 15.4 Å². The first kappa shape index (κ1) is 13.8. The molecule has 0 aliphatic carbocycles. The van der Waals surface area contributed by atoms with Crippen LogP contribution in [0.3, 0.4) is 0 Å². The standard InChI is InChI=1S/C16H16F2N2O/c17-13-8-12(19)9-14(18)16(13)20-6-7-21-15(10-20)11-4-2-1-3-5-11/h1-5,8-9,15H,6-7,10,19H2. The van der Waals surface area contributed by atoms with Crippen molar-refractivity contribution in [2.24, 2.45) is 0 Å². The van der Waals surface area contributed by atoms with Crippen LogP contribution in [0.5, 0.6) is 0 Å². The molecule has 1 aliphatic rings. The maximum atomic E-state index is 14.0. The third-order valence-corrected chi connectivity index (χ3v) is 3.59. The average Bonchev–Trinajstić information content (AvgIpc) is 2.47. The molecule has 0 amide bonds. The van der Waals surface area contributed by atoms with Crippen LogP contribution in [-0.2, 0) is 4.74 Å². The van der Waals surface area contributed by atoms with Crippen molar-refractivity contribution in [2.75, 3.05) is 30.3 Å². The van der Waals surface area contributed by atoms with Crippen LogP contribution in [-0.4, -0.2) is 19.7 Å². The van der Waals surface area contributed by atoms with E-state index in [4.69, 9.17) is 10.5 Å². The summed E-state index contributed by atoms with van der Waals surface area (Å²) in [5.41, 5.74) is 6.50. The summed E-state index contributed by atoms with van der Waals surface area (Å²) in [5, 5.41) is 0. The smallest absolute Gasteiger partial charge is 0.151 e. The van der Waals surface area contributed by atoms with Gasteiger partial charge in [0.05, 0.1) is 6.61 Å². The first-order valence-electron chi connectivity index (χ1n) is 6.81. The van der Waals surface area contributed by atoms with Crippen molar-refractivity contribution in [3.8, 4) is 0 Å². The minimum Gasteiger partial charge on any atom is -0.399 e. The number of anilines is 2. The molecule has 5 heteroatoms. The van der Waals surface area contributed by atoms with Crippen molar-refractivity contribution in [1.29, 1.82) is 0 Å². The van der Waals surface area contributed by atoms with E-state index in [-0.39, 0.29) is 17.5 Å². The zero-order valence-corrected chi connectivity index (χ0v) is 11.4. The summed E-state index contributed by atoms with van der Waals surface area (Å²) < 4.78 is 33.8. The summed E-state index contributed by atoms with van der Waals surface area (Å²) in [5.74, 6) is -1.28. The summed E-state index contributed by atoms with van der Waals surface area (Å²) in [6.45, 7) is 1.27. The first-order chi connectivity index (χ1) is 10.1. The highest BCUT2D eigenvalue weighted by molar-refractivity contribution is 5.56. The van der Waals surface area contributed by atoms with Gasteiger partial charge in [-0.15, -0.1) is 0 Å². The molecule has 3 rings (SSSR count). The van der Waals surface area contributed by atoms with E-state index in [9.17, 15) is 8.78 Å². The fourth-order valence-electron chi connectivity index (χ4n) is 2.61. The lowest BCUT2D eigenvalue weighted by atomic mass is 10.1. The fourth-order valence-corrected chi connectivity index (χ4v) is 2.61. The van der Waals surface area contributed by atoms with Crippen molar-refractivity contribution in [3.63, 3.8) is 0 Å². The van der Waals surface area contributed by atoms with Gasteiger partial charge in [0.1, 0.15) is 11.8 Å². The van der Waals surface area contributed by atoms with Gasteiger partial charge in [-0.05, 0) is 17.7 Å². The molecule has 1 heterocycles. The Morgan fingerprint density at radius 1 is 1.10 bits per heavy atom. The molecule has 1 unspecified atom stereocenters. The molecule has 21 heavy (non-hydrogen) atoms. The Hall–Kier alpha value is -2.14. The molecule has 0 aromatic heterocycles. The number of hydrogen-bond acceptors (Lipinski definition) is 3. The quantitative estimate of drug-likeness (QED) is 0.864. The number of nitrogens with zero attached hydrogens (tertiary/aromatic N) is 1. The predicted octanol–water partition coefficient (Wildman–Crippen LogP) is 3.12. The zero-order valence-electron chi connectivity index (χ0n) is 11.4. The summed E-state index contributed by atoms with van der Waals surface area (Å²) in [7, 11) is 0. The third-order valence-electron chi connectivity index (χ3n) is 3.59. The highest BCUT2D eigenvalue weighted by atomic mass is 19.1. The molecule has 1 fully saturated rings. The van der Waals surface area contributed by atoms with Gasteiger partial charge in [0, 0.05) is 18.8 Å². The monoisotopic (exact) mass is 290 g/mol. The molecule has 0 radical (unpaired) electrons. The van der Waals surface area contributed by atoms with Crippen molar-refractivity contribution >= 4 is 11.4 Å². The molecule has 2 N–H and O–H groups in total. The number of morpholine rings is 1. The Labute approximate surface area is 121 Å². The van der Waals surface area contributed by atoms with Crippen LogP contribution in [0.15, 0.2) is 42.5 Å². The molecule has 1 saturated heterocycles. The molecule has 2 aromatic carbocycles. The Morgan fingerprint density at radius 3 is 2.43 bits per heavy atom. The van der Waals surface area contributed by atoms with Gasteiger partial charge in [-0.25, -0.2) is 8.78 Å². The van der Waals surface area contributed by atoms with E-state index in [0.717, 1.165) is 17.7 Å². The highest BCUT2D eigenvalue weighted by Crippen LogP contribution is 2.30. The number of nitrogen functional groups attached to an aromatic ring is 1. The van der Waals surface area contributed by atoms with Gasteiger partial charge in [-0.1, -0.05) is 30.3 Å². The molecule has 0 bridgehead atoms. The number of ether oxygens (including phenoxy) is 1. The van der Waals surface area contributed by atoms with Gasteiger partial charge >= 0.3 is 0 Å². The normalized spacial score (nSPS) is 18.8. The van der Waals surface area contributed by atoms with Crippen LogP contribution >= 0.6 is 0 Å². The maximum Gasteiger partial charge on any atom is 0.151 e. The maximum absolute atomic E-state index is 14.0. The average molecular weight is 290 g/mol. The second-order valence-corrected chi connectivity index (χ2v) is 5.05. The Morgan fingerprint density at radius 2 is 1.76 bits per heavy atom. The van der Waals surface area contributed by atoms with Crippen LogP contribution < -0.4 is 10.6 Å². The van der Waals surface area contributed by atoms with Crippen molar-refractivity contribution < 1.29 is 13.5 Å². The van der Waals surface area contributed by atoms with Crippen LogP contribution in [0.25, 0.3) is 0 Å². The molecule has 2 aromatic rings. The van der Waals surface area contributed by atoms with Gasteiger partial charge in [0.2, 0.25) is 0 Å². The Kier molecular flexibility index (Phi) is 3.75. The van der Waals surface area contributed by atoms with E-state index < -0.39 is 11.6 Å². The largest absolute Gasteiger partial charge is 0.399 e. The van der Waals surface area contributed by atoms with E-state index in [1.807, 2.05) is 30.3 Å². The minimum atomic E-state index is -0.638. The summed E-state index contributed by atoms with van der Waals surface area (Å²) >= 11 is 0. The van der Waals surface area contributed by atoms with E-state index >= 15 is 0 Å². The Balaban J connectivity index is 1.87. The van der Waals surface area contributed by atoms with E-state index in [0.29, 0.717) is 19.7 Å². The minimum absolute atomic E-state index is 0.0339. The molecule has 1 aliphatic heterocycles. The van der Waals surface area contributed by atoms with Crippen molar-refractivity contribution in [1.82, 2.24) is 0 Å². The molecule has 0 spiro atoms. The van der Waals surface area contributed by atoms with Crippen LogP contribution in [0.1, 0.15) is 11.7 Å². The predicted molar refractivity (Wildman–Crippen MR) is 78.1 cm³/mol. The van der Waals surface area contributed by atoms with Crippen LogP contribution in [0.4, 0.5) is 20.2 Å². The molecular weight excluding hydrogens is 274 g/mol. The van der Waals surface area contributed by atoms with Crippen LogP contribution in [0.2, 0.25) is 0 Å². The van der Waals surface area contributed by atoms with E-state index in [2.05, 4.69) is 0 Å². The SMILES string of the molecule is Nc1cc(F)c(N2CCOC(c3ccccc3)C2)c(F)c1. The van der Waals surface area contributed by atoms with Gasteiger partial charge in [-0.3, -0.25) is 0 Å². The molecule has 1 atom stereocenters. The zero-order chi connectivity index (χ0) is 14.8. The Bertz CT molecular complexity index is 610. The lowest BCUT2D eigenvalue weighted by molar-refractivity contribution is 0.0393. The number of halogens is 2. The number of rotatable bonds is 2. The second-order valence-electron chi connectivity index (χ2n) is 5.05. The van der Waals surface area contributed by atoms with Gasteiger partial charge in [0.25, 0.3) is 0 Å². The molecular formula is C16H16F2N2O. The third kappa shape index (κ3) is 2.83. The van der Waals surface area contributed by atoms with Gasteiger partial charge in [-0.2, -0.15) is 0 Å². The van der Waals surface area contributed by atoms with Gasteiger partial charge in [0.15, 0.2) is 11.6 Å². The number of hydrogen-bond donors (Lipinski definition) is 1. The van der Waals surface area contributed by atoms with E-state index in [1.54, 1.807) is 4.90 Å². The van der Waals surface area contributed by atoms with Crippen molar-refractivity contribution in [3.05, 3.63) is 59.7 Å². The molecule has 110 valence electrons. The van der Waals surface area contributed by atoms with E-state index in [1.165, 1.54) is 0 Å². The molecule has 3 nitrogen and oxygen atoms in total. The molecule has 0 saturated carbocycles. The number of benzene rings is 2. The summed E-state index contributed by atoms with van der Waals surface area (Å²) in [6.07, 6.45) is -0.198.